The molecule has 358 valence electrons. The Kier molecular flexibility index (Phi) is 41.9. The minimum absolute atomic E-state index is 0.0399. The van der Waals surface area contributed by atoms with Gasteiger partial charge in [0.1, 0.15) is 19.8 Å². The average molecular weight is 890 g/mol. The predicted molar refractivity (Wildman–Crippen MR) is 259 cm³/mol. The molecule has 0 rings (SSSR count). The van der Waals surface area contributed by atoms with Crippen LogP contribution in [0.15, 0.2) is 72.9 Å². The molecule has 0 aromatic carbocycles. The third kappa shape index (κ3) is 46.9. The summed E-state index contributed by atoms with van der Waals surface area (Å²) >= 11 is 0. The molecule has 0 N–H and O–H groups in total. The molecule has 0 bridgehead atoms. The Hall–Kier alpha value is -2.55. The van der Waals surface area contributed by atoms with E-state index >= 15 is 0 Å². The number of unbranched alkanes of at least 4 members (excludes halogenated alkanes) is 18. The van der Waals surface area contributed by atoms with Crippen molar-refractivity contribution >= 4 is 19.8 Å². The molecule has 10 heteroatoms. The number of hydrogen-bond donors (Lipinski definition) is 0. The van der Waals surface area contributed by atoms with Crippen molar-refractivity contribution in [1.29, 1.82) is 0 Å². The van der Waals surface area contributed by atoms with E-state index in [9.17, 15) is 19.0 Å². The summed E-state index contributed by atoms with van der Waals surface area (Å²) in [6.45, 7) is 4.07. The highest BCUT2D eigenvalue weighted by atomic mass is 31.2. The normalized spacial score (nSPS) is 14.1. The molecule has 0 saturated heterocycles. The number of carbonyl (C=O) groups excluding carboxylic acids is 2. The van der Waals surface area contributed by atoms with Gasteiger partial charge in [-0.1, -0.05) is 170 Å². The number of nitrogens with zero attached hydrogens (tertiary/aromatic N) is 1. The summed E-state index contributed by atoms with van der Waals surface area (Å²) in [6.07, 6.45) is 55.0. The average Bonchev–Trinajstić information content (AvgIpc) is 3.23. The van der Waals surface area contributed by atoms with E-state index in [4.69, 9.17) is 18.5 Å². The molecule has 0 aliphatic rings. The van der Waals surface area contributed by atoms with Gasteiger partial charge in [0.25, 0.3) is 7.82 Å². The molecule has 0 fully saturated rings. The van der Waals surface area contributed by atoms with Gasteiger partial charge >= 0.3 is 11.9 Å². The monoisotopic (exact) mass is 890 g/mol. The molecule has 0 saturated carbocycles. The highest BCUT2D eigenvalue weighted by molar-refractivity contribution is 7.45. The molecule has 0 heterocycles. The van der Waals surface area contributed by atoms with Gasteiger partial charge in [-0.05, 0) is 83.5 Å². The van der Waals surface area contributed by atoms with Gasteiger partial charge in [0, 0.05) is 12.8 Å². The summed E-state index contributed by atoms with van der Waals surface area (Å²) in [6, 6.07) is 0. The second kappa shape index (κ2) is 43.7. The molecule has 0 amide bonds. The fourth-order valence-corrected chi connectivity index (χ4v) is 7.11. The first-order valence-electron chi connectivity index (χ1n) is 24.6. The minimum Gasteiger partial charge on any atom is -0.756 e. The summed E-state index contributed by atoms with van der Waals surface area (Å²) in [4.78, 5) is 37.7. The Balaban J connectivity index is 4.36. The minimum atomic E-state index is -4.64. The summed E-state index contributed by atoms with van der Waals surface area (Å²) in [5.74, 6) is -0.876. The fraction of sp³-hybridized carbons (Fsp3) is 0.731. The van der Waals surface area contributed by atoms with Gasteiger partial charge in [0.15, 0.2) is 6.10 Å². The van der Waals surface area contributed by atoms with Gasteiger partial charge in [-0.25, -0.2) is 0 Å². The van der Waals surface area contributed by atoms with Crippen LogP contribution in [0.25, 0.3) is 0 Å². The largest absolute Gasteiger partial charge is 0.756 e. The van der Waals surface area contributed by atoms with Gasteiger partial charge in [-0.3, -0.25) is 14.2 Å². The van der Waals surface area contributed by atoms with E-state index in [2.05, 4.69) is 86.8 Å². The van der Waals surface area contributed by atoms with Crippen LogP contribution in [0, 0.1) is 0 Å². The van der Waals surface area contributed by atoms with E-state index in [1.807, 2.05) is 21.1 Å². The number of carbonyl (C=O) groups is 2. The maximum Gasteiger partial charge on any atom is 0.306 e. The number of allylic oxidation sites excluding steroid dienone is 12. The van der Waals surface area contributed by atoms with Crippen LogP contribution in [0.4, 0.5) is 0 Å². The van der Waals surface area contributed by atoms with E-state index in [1.165, 1.54) is 83.5 Å². The summed E-state index contributed by atoms with van der Waals surface area (Å²) in [7, 11) is 1.14. The van der Waals surface area contributed by atoms with Gasteiger partial charge in [-0.2, -0.15) is 0 Å². The maximum atomic E-state index is 12.7. The standard InChI is InChI=1S/C52H92NO8P/c1-6-8-10-12-14-16-18-20-22-24-26-28-30-32-34-36-38-40-42-44-51(54)58-48-50(49-60-62(56,57)59-47-46-53(3,4)5)61-52(55)45-43-41-39-37-35-33-31-29-27-25-23-21-19-17-15-13-11-9-7-2/h8,10,14,16,20-23,26,28,32,34,50H,6-7,9,11-13,15,17-19,24-25,27,29-31,33,35-49H2,1-5H3/b10-8-,16-14-,22-20-,23-21-,28-26-,34-32-/t50-/m1/s1. The number of ether oxygens (including phenoxy) is 2. The zero-order valence-corrected chi connectivity index (χ0v) is 41.2. The number of quaternary nitrogens is 1. The van der Waals surface area contributed by atoms with Crippen molar-refractivity contribution in [3.05, 3.63) is 72.9 Å². The van der Waals surface area contributed by atoms with E-state index in [-0.39, 0.29) is 26.1 Å². The van der Waals surface area contributed by atoms with Crippen LogP contribution in [0.2, 0.25) is 0 Å². The third-order valence-electron chi connectivity index (χ3n) is 10.2. The fourth-order valence-electron chi connectivity index (χ4n) is 6.38. The predicted octanol–water partition coefficient (Wildman–Crippen LogP) is 13.9. The molecule has 62 heavy (non-hydrogen) atoms. The zero-order chi connectivity index (χ0) is 45.7. The molecule has 0 spiro atoms. The van der Waals surface area contributed by atoms with Crippen molar-refractivity contribution < 1.29 is 42.1 Å². The van der Waals surface area contributed by atoms with Crippen molar-refractivity contribution in [2.45, 2.75) is 200 Å². The lowest BCUT2D eigenvalue weighted by Gasteiger charge is -2.28. The Morgan fingerprint density at radius 2 is 0.919 bits per heavy atom. The number of phosphoric ester groups is 1. The van der Waals surface area contributed by atoms with Crippen molar-refractivity contribution in [1.82, 2.24) is 0 Å². The number of hydrogen-bond acceptors (Lipinski definition) is 8. The smallest absolute Gasteiger partial charge is 0.306 e. The first-order valence-corrected chi connectivity index (χ1v) is 26.1. The number of rotatable bonds is 44. The Labute approximate surface area is 380 Å². The van der Waals surface area contributed by atoms with Crippen molar-refractivity contribution in [3.8, 4) is 0 Å². The maximum absolute atomic E-state index is 12.7. The van der Waals surface area contributed by atoms with Crippen molar-refractivity contribution in [2.24, 2.45) is 0 Å². The SMILES string of the molecule is CC/C=C\C/C=C\C/C=C\C/C=C\C/C=C\CCCCCC(=O)OC[C@H](COP(=O)([O-])OCC[N+](C)(C)C)OC(=O)CCCCCCCCCCC/C=C\CCCCCCCC. The third-order valence-corrected chi connectivity index (χ3v) is 11.2. The summed E-state index contributed by atoms with van der Waals surface area (Å²) in [5.41, 5.74) is 0. The van der Waals surface area contributed by atoms with Gasteiger partial charge in [-0.15, -0.1) is 0 Å². The summed E-state index contributed by atoms with van der Waals surface area (Å²) < 4.78 is 34.0. The quantitative estimate of drug-likeness (QED) is 0.0195. The van der Waals surface area contributed by atoms with Crippen LogP contribution in [-0.4, -0.2) is 70.0 Å². The highest BCUT2D eigenvalue weighted by Gasteiger charge is 2.21. The molecule has 0 aromatic heterocycles. The number of esters is 2. The molecule has 2 atom stereocenters. The van der Waals surface area contributed by atoms with Gasteiger partial charge in [0.2, 0.25) is 0 Å². The zero-order valence-electron chi connectivity index (χ0n) is 40.3. The Bertz CT molecular complexity index is 1280. The molecule has 0 aliphatic carbocycles. The molecule has 1 unspecified atom stereocenters. The van der Waals surface area contributed by atoms with Crippen LogP contribution >= 0.6 is 7.82 Å². The van der Waals surface area contributed by atoms with E-state index in [1.54, 1.807) is 0 Å². The Morgan fingerprint density at radius 1 is 0.516 bits per heavy atom. The van der Waals surface area contributed by atoms with Crippen LogP contribution in [0.3, 0.4) is 0 Å². The van der Waals surface area contributed by atoms with Crippen molar-refractivity contribution in [3.63, 3.8) is 0 Å². The van der Waals surface area contributed by atoms with E-state index < -0.39 is 32.5 Å². The molecule has 0 radical (unpaired) electrons. The molecule has 0 aliphatic heterocycles. The van der Waals surface area contributed by atoms with E-state index in [0.29, 0.717) is 23.9 Å². The first kappa shape index (κ1) is 59.5. The van der Waals surface area contributed by atoms with Gasteiger partial charge in [0.05, 0.1) is 27.7 Å². The number of phosphoric acid groups is 1. The Morgan fingerprint density at radius 3 is 1.40 bits per heavy atom. The first-order chi connectivity index (χ1) is 30.0. The van der Waals surface area contributed by atoms with Crippen LogP contribution in [0.5, 0.6) is 0 Å². The molecule has 9 nitrogen and oxygen atoms in total. The molecular weight excluding hydrogens is 798 g/mol. The van der Waals surface area contributed by atoms with E-state index in [0.717, 1.165) is 70.6 Å². The summed E-state index contributed by atoms with van der Waals surface area (Å²) in [5, 5.41) is 0. The lowest BCUT2D eigenvalue weighted by Crippen LogP contribution is -2.37. The van der Waals surface area contributed by atoms with Gasteiger partial charge < -0.3 is 27.9 Å². The lowest BCUT2D eigenvalue weighted by atomic mass is 10.1. The van der Waals surface area contributed by atoms with Crippen LogP contribution in [-0.2, 0) is 32.7 Å². The second-order valence-corrected chi connectivity index (χ2v) is 18.9. The molecular formula is C52H92NO8P. The second-order valence-electron chi connectivity index (χ2n) is 17.4. The van der Waals surface area contributed by atoms with Crippen LogP contribution in [0.1, 0.15) is 194 Å². The van der Waals surface area contributed by atoms with Crippen molar-refractivity contribution in [2.75, 3.05) is 47.5 Å². The number of likely N-dealkylation sites (N-methyl/N-ethyl adjacent to an activating group) is 1. The van der Waals surface area contributed by atoms with Crippen LogP contribution < -0.4 is 4.89 Å². The lowest BCUT2D eigenvalue weighted by molar-refractivity contribution is -0.870. The molecule has 0 aromatic rings. The topological polar surface area (TPSA) is 111 Å². The highest BCUT2D eigenvalue weighted by Crippen LogP contribution is 2.38.